The molecule has 0 rings (SSSR count). The number of aliphatic hydroxyl groups excluding tert-OH is 2. The van der Waals surface area contributed by atoms with Gasteiger partial charge in [-0.15, -0.1) is 0 Å². The van der Waals surface area contributed by atoms with E-state index in [1.807, 2.05) is 0 Å². The molecule has 0 aliphatic heterocycles. The third kappa shape index (κ3) is 67.6. The van der Waals surface area contributed by atoms with Gasteiger partial charge in [-0.2, -0.15) is 0 Å². The van der Waals surface area contributed by atoms with Crippen LogP contribution in [0, 0.1) is 0 Å². The van der Waals surface area contributed by atoms with E-state index >= 15 is 0 Å². The Labute approximate surface area is 508 Å². The van der Waals surface area contributed by atoms with Crippen LogP contribution in [-0.4, -0.2) is 47.4 Å². The van der Waals surface area contributed by atoms with Gasteiger partial charge in [-0.3, -0.25) is 9.59 Å². The van der Waals surface area contributed by atoms with E-state index in [9.17, 15) is 19.8 Å². The number of carbonyl (C=O) groups is 2. The summed E-state index contributed by atoms with van der Waals surface area (Å²) in [5.74, 6) is -0.0144. The molecule has 2 atom stereocenters. The van der Waals surface area contributed by atoms with E-state index < -0.39 is 12.1 Å². The second-order valence-corrected chi connectivity index (χ2v) is 26.0. The van der Waals surface area contributed by atoms with Crippen molar-refractivity contribution in [3.05, 3.63) is 12.2 Å². The average Bonchev–Trinajstić information content (AvgIpc) is 3.47. The second kappa shape index (κ2) is 71.1. The molecule has 0 saturated heterocycles. The van der Waals surface area contributed by atoms with Gasteiger partial charge in [0.15, 0.2) is 0 Å². The first kappa shape index (κ1) is 79.6. The summed E-state index contributed by atoms with van der Waals surface area (Å²) in [4.78, 5) is 24.7. The van der Waals surface area contributed by atoms with Crippen molar-refractivity contribution in [2.75, 3.05) is 13.2 Å². The van der Waals surface area contributed by atoms with Gasteiger partial charge in [0, 0.05) is 12.8 Å². The quantitative estimate of drug-likeness (QED) is 0.0320. The average molecular weight is 1140 g/mol. The summed E-state index contributed by atoms with van der Waals surface area (Å²) in [6, 6.07) is -0.541. The van der Waals surface area contributed by atoms with Crippen molar-refractivity contribution >= 4 is 11.9 Å². The van der Waals surface area contributed by atoms with E-state index in [-0.39, 0.29) is 18.5 Å². The van der Waals surface area contributed by atoms with Crippen molar-refractivity contribution in [3.63, 3.8) is 0 Å². The van der Waals surface area contributed by atoms with E-state index in [0.29, 0.717) is 25.9 Å². The largest absolute Gasteiger partial charge is 0.466 e. The predicted molar refractivity (Wildman–Crippen MR) is 357 cm³/mol. The number of rotatable bonds is 71. The number of ether oxygens (including phenoxy) is 1. The summed E-state index contributed by atoms with van der Waals surface area (Å²) in [5, 5.41) is 23.4. The van der Waals surface area contributed by atoms with E-state index in [1.54, 1.807) is 0 Å². The van der Waals surface area contributed by atoms with E-state index in [4.69, 9.17) is 4.74 Å². The molecule has 0 aliphatic carbocycles. The van der Waals surface area contributed by atoms with Gasteiger partial charge < -0.3 is 20.3 Å². The minimum absolute atomic E-state index is 0.0140. The normalized spacial score (nSPS) is 12.5. The number of amides is 1. The van der Waals surface area contributed by atoms with Crippen LogP contribution in [-0.2, 0) is 14.3 Å². The maximum Gasteiger partial charge on any atom is 0.305 e. The Kier molecular flexibility index (Phi) is 69.9. The molecule has 6 nitrogen and oxygen atoms in total. The van der Waals surface area contributed by atoms with Crippen molar-refractivity contribution < 1.29 is 24.5 Å². The highest BCUT2D eigenvalue weighted by molar-refractivity contribution is 5.76. The molecule has 0 aromatic heterocycles. The first-order chi connectivity index (χ1) is 40.0. The lowest BCUT2D eigenvalue weighted by Gasteiger charge is -2.22. The molecule has 3 N–H and O–H groups in total. The minimum atomic E-state index is -0.664. The van der Waals surface area contributed by atoms with Gasteiger partial charge in [0.1, 0.15) is 0 Å². The molecule has 6 heteroatoms. The van der Waals surface area contributed by atoms with Crippen LogP contribution in [0.3, 0.4) is 0 Å². The summed E-state index contributed by atoms with van der Waals surface area (Å²) in [7, 11) is 0. The fourth-order valence-corrected chi connectivity index (χ4v) is 12.1. The summed E-state index contributed by atoms with van der Waals surface area (Å²) in [6.07, 6.45) is 88.4. The number of hydrogen-bond donors (Lipinski definition) is 3. The van der Waals surface area contributed by atoms with Gasteiger partial charge in [-0.1, -0.05) is 379 Å². The molecule has 0 saturated carbocycles. The molecular formula is C75H147NO5. The molecule has 0 aromatic carbocycles. The van der Waals surface area contributed by atoms with Crippen molar-refractivity contribution in [2.24, 2.45) is 0 Å². The van der Waals surface area contributed by atoms with Gasteiger partial charge in [0.05, 0.1) is 25.4 Å². The van der Waals surface area contributed by atoms with Crippen LogP contribution in [0.5, 0.6) is 0 Å². The first-order valence-corrected chi connectivity index (χ1v) is 37.4. The Bertz CT molecular complexity index is 1220. The molecule has 0 radical (unpaired) electrons. The third-order valence-corrected chi connectivity index (χ3v) is 17.8. The molecule has 81 heavy (non-hydrogen) atoms. The van der Waals surface area contributed by atoms with Gasteiger partial charge in [0.2, 0.25) is 5.91 Å². The Morgan fingerprint density at radius 2 is 0.580 bits per heavy atom. The zero-order valence-electron chi connectivity index (χ0n) is 55.3. The number of aliphatic hydroxyl groups is 2. The number of allylic oxidation sites excluding steroid dienone is 2. The van der Waals surface area contributed by atoms with Crippen LogP contribution < -0.4 is 5.32 Å². The van der Waals surface area contributed by atoms with Crippen molar-refractivity contribution in [1.29, 1.82) is 0 Å². The van der Waals surface area contributed by atoms with Crippen LogP contribution in [0.25, 0.3) is 0 Å². The highest BCUT2D eigenvalue weighted by Gasteiger charge is 2.20. The van der Waals surface area contributed by atoms with E-state index in [0.717, 1.165) is 44.9 Å². The Hall–Kier alpha value is -1.40. The van der Waals surface area contributed by atoms with E-state index in [2.05, 4.69) is 31.3 Å². The Morgan fingerprint density at radius 3 is 0.877 bits per heavy atom. The third-order valence-electron chi connectivity index (χ3n) is 17.8. The van der Waals surface area contributed by atoms with Crippen LogP contribution in [0.4, 0.5) is 0 Å². The molecule has 1 amide bonds. The van der Waals surface area contributed by atoms with Crippen molar-refractivity contribution in [2.45, 2.75) is 443 Å². The summed E-state index contributed by atoms with van der Waals surface area (Å²) in [6.45, 7) is 5.00. The molecule has 0 bridgehead atoms. The van der Waals surface area contributed by atoms with Crippen LogP contribution in [0.2, 0.25) is 0 Å². The molecular weight excluding hydrogens is 995 g/mol. The molecule has 0 fully saturated rings. The minimum Gasteiger partial charge on any atom is -0.466 e. The molecule has 0 heterocycles. The van der Waals surface area contributed by atoms with Crippen LogP contribution >= 0.6 is 0 Å². The highest BCUT2D eigenvalue weighted by atomic mass is 16.5. The summed E-state index contributed by atoms with van der Waals surface area (Å²) < 4.78 is 5.51. The Balaban J connectivity index is 3.35. The zero-order valence-corrected chi connectivity index (χ0v) is 55.3. The maximum atomic E-state index is 12.6. The molecule has 0 aromatic rings. The van der Waals surface area contributed by atoms with E-state index in [1.165, 1.54) is 353 Å². The second-order valence-electron chi connectivity index (χ2n) is 26.0. The highest BCUT2D eigenvalue weighted by Crippen LogP contribution is 2.20. The van der Waals surface area contributed by atoms with Crippen LogP contribution in [0.15, 0.2) is 12.2 Å². The number of carbonyl (C=O) groups excluding carboxylic acids is 2. The number of esters is 1. The fourth-order valence-electron chi connectivity index (χ4n) is 12.1. The van der Waals surface area contributed by atoms with Gasteiger partial charge in [-0.05, 0) is 51.4 Å². The topological polar surface area (TPSA) is 95.9 Å². The van der Waals surface area contributed by atoms with Gasteiger partial charge in [0.25, 0.3) is 0 Å². The standard InChI is InChI=1S/C75H147NO5/c1-3-5-7-9-11-13-15-17-19-21-23-24-29-32-35-39-43-47-51-55-59-63-67-73(78)72(71-77)76-74(79)68-64-60-56-52-48-44-40-36-33-30-27-25-26-28-31-34-38-42-46-50-54-58-62-66-70-81-75(80)69-65-61-57-53-49-45-41-37-22-20-18-16-14-12-10-8-6-4-2/h20,22,72-73,77-78H,3-19,21,23-71H2,1-2H3,(H,76,79)/b22-20-. The number of hydrogen-bond acceptors (Lipinski definition) is 5. The lowest BCUT2D eigenvalue weighted by molar-refractivity contribution is -0.143. The lowest BCUT2D eigenvalue weighted by atomic mass is 10.0. The van der Waals surface area contributed by atoms with Gasteiger partial charge >= 0.3 is 5.97 Å². The smallest absolute Gasteiger partial charge is 0.305 e. The van der Waals surface area contributed by atoms with Crippen molar-refractivity contribution in [1.82, 2.24) is 5.32 Å². The molecule has 0 spiro atoms. The summed E-state index contributed by atoms with van der Waals surface area (Å²) in [5.41, 5.74) is 0. The monoisotopic (exact) mass is 1140 g/mol. The maximum absolute atomic E-state index is 12.6. The fraction of sp³-hybridized carbons (Fsp3) is 0.947. The molecule has 0 aliphatic rings. The molecule has 482 valence electrons. The Morgan fingerprint density at radius 1 is 0.333 bits per heavy atom. The van der Waals surface area contributed by atoms with Crippen molar-refractivity contribution in [3.8, 4) is 0 Å². The van der Waals surface area contributed by atoms with Gasteiger partial charge in [-0.25, -0.2) is 0 Å². The molecule has 2 unspecified atom stereocenters. The predicted octanol–water partition coefficient (Wildman–Crippen LogP) is 24.3. The number of unbranched alkanes of at least 4 members (excludes halogenated alkanes) is 58. The summed E-state index contributed by atoms with van der Waals surface area (Å²) >= 11 is 0. The zero-order chi connectivity index (χ0) is 58.5. The first-order valence-electron chi connectivity index (χ1n) is 37.4. The number of nitrogens with one attached hydrogen (secondary N) is 1. The lowest BCUT2D eigenvalue weighted by Crippen LogP contribution is -2.45. The SMILES string of the molecule is CCCCCCCCC/C=C\CCCCCCCCCC(=O)OCCCCCCCCCCCCCCCCCCCCCCCCCCC(=O)NC(CO)C(O)CCCCCCCCCCCCCCCCCCCCCCCC. The van der Waals surface area contributed by atoms with Crippen LogP contribution in [0.1, 0.15) is 431 Å².